The van der Waals surface area contributed by atoms with Crippen LogP contribution < -0.4 is 0 Å². The quantitative estimate of drug-likeness (QED) is 0.509. The molecule has 4 nitrogen and oxygen atoms in total. The minimum Gasteiger partial charge on any atom is -0.462 e. The fraction of sp³-hybridized carbons (Fsp3) is 0.556. The summed E-state index contributed by atoms with van der Waals surface area (Å²) in [7, 11) is 0. The van der Waals surface area contributed by atoms with Crippen LogP contribution in [0, 0.1) is 5.92 Å². The number of halogens is 1. The number of esters is 2. The van der Waals surface area contributed by atoms with E-state index < -0.39 is 11.9 Å². The molecule has 1 rings (SSSR count). The van der Waals surface area contributed by atoms with Crippen LogP contribution in [-0.2, 0) is 15.9 Å². The number of ether oxygens (including phenoxy) is 2. The fourth-order valence-corrected chi connectivity index (χ4v) is 2.47. The van der Waals surface area contributed by atoms with Crippen LogP contribution in [0.1, 0.15) is 66.8 Å². The summed E-state index contributed by atoms with van der Waals surface area (Å²) < 4.78 is 10.3. The maximum Gasteiger partial charge on any atom is 0.339 e. The normalized spacial score (nSPS) is 10.7. The summed E-state index contributed by atoms with van der Waals surface area (Å²) in [5.41, 5.74) is 1.17. The Hall–Kier alpha value is -1.55. The van der Waals surface area contributed by atoms with E-state index >= 15 is 0 Å². The van der Waals surface area contributed by atoms with Crippen molar-refractivity contribution in [2.24, 2.45) is 5.92 Å². The molecular weight excluding hydrogens is 316 g/mol. The van der Waals surface area contributed by atoms with Gasteiger partial charge in [0.1, 0.15) is 0 Å². The summed E-state index contributed by atoms with van der Waals surface area (Å²) in [5.74, 6) is -0.517. The lowest BCUT2D eigenvalue weighted by Crippen LogP contribution is -2.15. The highest BCUT2D eigenvalue weighted by Crippen LogP contribution is 2.24. The van der Waals surface area contributed by atoms with Crippen molar-refractivity contribution in [3.8, 4) is 0 Å². The number of hydrogen-bond acceptors (Lipinski definition) is 4. The number of benzene rings is 1. The van der Waals surface area contributed by atoms with Gasteiger partial charge in [-0.2, -0.15) is 0 Å². The molecule has 128 valence electrons. The van der Waals surface area contributed by atoms with Crippen LogP contribution in [0.4, 0.5) is 0 Å². The molecule has 0 saturated carbocycles. The molecule has 0 aliphatic rings. The van der Waals surface area contributed by atoms with Gasteiger partial charge >= 0.3 is 11.9 Å². The Morgan fingerprint density at radius 3 is 2.26 bits per heavy atom. The molecule has 0 aliphatic carbocycles. The van der Waals surface area contributed by atoms with Gasteiger partial charge in [0.25, 0.3) is 0 Å². The first-order valence-electron chi connectivity index (χ1n) is 8.07. The molecule has 5 heteroatoms. The van der Waals surface area contributed by atoms with Crippen molar-refractivity contribution in [3.63, 3.8) is 0 Å². The second-order valence-electron chi connectivity index (χ2n) is 5.74. The van der Waals surface area contributed by atoms with Gasteiger partial charge in [0.05, 0.1) is 24.3 Å². The van der Waals surface area contributed by atoms with Crippen molar-refractivity contribution >= 4 is 23.5 Å². The molecule has 0 unspecified atom stereocenters. The second-order valence-corrected chi connectivity index (χ2v) is 6.14. The molecule has 0 amide bonds. The molecule has 0 aromatic heterocycles. The molecule has 0 saturated heterocycles. The summed E-state index contributed by atoms with van der Waals surface area (Å²) in [6.45, 7) is 8.45. The standard InChI is InChI=1S/C18H25ClO4/c1-5-13-10-14(17(20)22-6-2)15(11-16(13)19)18(21)23-9-7-8-12(3)4/h10-12H,5-9H2,1-4H3. The third kappa shape index (κ3) is 5.87. The summed E-state index contributed by atoms with van der Waals surface area (Å²) in [6, 6.07) is 3.11. The van der Waals surface area contributed by atoms with E-state index in [4.69, 9.17) is 21.1 Å². The Bertz CT molecular complexity index is 552. The van der Waals surface area contributed by atoms with Crippen LogP contribution >= 0.6 is 11.6 Å². The summed E-state index contributed by atoms with van der Waals surface area (Å²) >= 11 is 6.17. The van der Waals surface area contributed by atoms with Gasteiger partial charge in [0.15, 0.2) is 0 Å². The number of aryl methyl sites for hydroxylation is 1. The van der Waals surface area contributed by atoms with Crippen LogP contribution in [0.15, 0.2) is 12.1 Å². The molecule has 0 bridgehead atoms. The van der Waals surface area contributed by atoms with Crippen LogP contribution in [0.2, 0.25) is 5.02 Å². The zero-order valence-electron chi connectivity index (χ0n) is 14.3. The molecule has 0 aliphatic heterocycles. The minimum atomic E-state index is -0.540. The van der Waals surface area contributed by atoms with E-state index in [0.29, 0.717) is 24.0 Å². The maximum atomic E-state index is 12.3. The Labute approximate surface area is 143 Å². The number of hydrogen-bond donors (Lipinski definition) is 0. The Balaban J connectivity index is 2.96. The first-order chi connectivity index (χ1) is 10.9. The van der Waals surface area contributed by atoms with E-state index in [2.05, 4.69) is 13.8 Å². The van der Waals surface area contributed by atoms with Gasteiger partial charge in [-0.3, -0.25) is 0 Å². The zero-order chi connectivity index (χ0) is 17.4. The molecule has 0 radical (unpaired) electrons. The largest absolute Gasteiger partial charge is 0.462 e. The van der Waals surface area contributed by atoms with Crippen molar-refractivity contribution in [1.82, 2.24) is 0 Å². The Morgan fingerprint density at radius 1 is 1.09 bits per heavy atom. The maximum absolute atomic E-state index is 12.3. The molecule has 23 heavy (non-hydrogen) atoms. The number of rotatable bonds is 8. The molecule has 0 heterocycles. The summed E-state index contributed by atoms with van der Waals surface area (Å²) in [4.78, 5) is 24.4. The first-order valence-corrected chi connectivity index (χ1v) is 8.45. The number of carbonyl (C=O) groups is 2. The van der Waals surface area contributed by atoms with Gasteiger partial charge in [-0.25, -0.2) is 9.59 Å². The predicted molar refractivity (Wildman–Crippen MR) is 91.1 cm³/mol. The smallest absolute Gasteiger partial charge is 0.339 e. The van der Waals surface area contributed by atoms with Crippen molar-refractivity contribution in [3.05, 3.63) is 33.8 Å². The highest BCUT2D eigenvalue weighted by atomic mass is 35.5. The first kappa shape index (κ1) is 19.5. The van der Waals surface area contributed by atoms with Crippen molar-refractivity contribution in [1.29, 1.82) is 0 Å². The number of carbonyl (C=O) groups excluding carboxylic acids is 2. The van der Waals surface area contributed by atoms with Gasteiger partial charge in [0.2, 0.25) is 0 Å². The fourth-order valence-electron chi connectivity index (χ4n) is 2.17. The van der Waals surface area contributed by atoms with Gasteiger partial charge in [-0.15, -0.1) is 0 Å². The topological polar surface area (TPSA) is 52.6 Å². The molecule has 0 fully saturated rings. The third-order valence-corrected chi connectivity index (χ3v) is 3.79. The van der Waals surface area contributed by atoms with Gasteiger partial charge in [-0.1, -0.05) is 32.4 Å². The second kappa shape index (κ2) is 9.56. The Morgan fingerprint density at radius 2 is 1.70 bits per heavy atom. The highest BCUT2D eigenvalue weighted by molar-refractivity contribution is 6.32. The Kier molecular flexibility index (Phi) is 8.10. The molecule has 0 N–H and O–H groups in total. The molecule has 1 aromatic rings. The highest BCUT2D eigenvalue weighted by Gasteiger charge is 2.21. The summed E-state index contributed by atoms with van der Waals surface area (Å²) in [6.07, 6.45) is 2.43. The molecule has 0 atom stereocenters. The van der Waals surface area contributed by atoms with E-state index in [9.17, 15) is 9.59 Å². The summed E-state index contributed by atoms with van der Waals surface area (Å²) in [5, 5.41) is 0.453. The van der Waals surface area contributed by atoms with Crippen molar-refractivity contribution < 1.29 is 19.1 Å². The third-order valence-electron chi connectivity index (χ3n) is 3.44. The van der Waals surface area contributed by atoms with Crippen molar-refractivity contribution in [2.75, 3.05) is 13.2 Å². The van der Waals surface area contributed by atoms with Gasteiger partial charge in [-0.05, 0) is 49.8 Å². The van der Waals surface area contributed by atoms with E-state index in [1.807, 2.05) is 6.92 Å². The predicted octanol–water partition coefficient (Wildman–Crippen LogP) is 4.67. The van der Waals surface area contributed by atoms with E-state index in [1.165, 1.54) is 6.07 Å². The van der Waals surface area contributed by atoms with Gasteiger partial charge in [0, 0.05) is 5.02 Å². The average Bonchev–Trinajstić information content (AvgIpc) is 2.51. The molecule has 0 spiro atoms. The lowest BCUT2D eigenvalue weighted by atomic mass is 10.0. The SMILES string of the molecule is CCOC(=O)c1cc(CC)c(Cl)cc1C(=O)OCCCC(C)C. The average molecular weight is 341 g/mol. The van der Waals surface area contributed by atoms with E-state index in [1.54, 1.807) is 13.0 Å². The van der Waals surface area contributed by atoms with Crippen LogP contribution in [-0.4, -0.2) is 25.2 Å². The van der Waals surface area contributed by atoms with Gasteiger partial charge < -0.3 is 9.47 Å². The monoisotopic (exact) mass is 340 g/mol. The van der Waals surface area contributed by atoms with E-state index in [0.717, 1.165) is 18.4 Å². The van der Waals surface area contributed by atoms with E-state index in [-0.39, 0.29) is 17.7 Å². The lowest BCUT2D eigenvalue weighted by Gasteiger charge is -2.12. The van der Waals surface area contributed by atoms with Crippen LogP contribution in [0.3, 0.4) is 0 Å². The van der Waals surface area contributed by atoms with Crippen LogP contribution in [0.25, 0.3) is 0 Å². The lowest BCUT2D eigenvalue weighted by molar-refractivity contribution is 0.0460. The zero-order valence-corrected chi connectivity index (χ0v) is 15.0. The van der Waals surface area contributed by atoms with Crippen molar-refractivity contribution in [2.45, 2.75) is 47.0 Å². The minimum absolute atomic E-state index is 0.162. The molecule has 1 aromatic carbocycles. The van der Waals surface area contributed by atoms with Crippen LogP contribution in [0.5, 0.6) is 0 Å². The molecular formula is C18H25ClO4.